The molecule has 20 heavy (non-hydrogen) atoms. The van der Waals surface area contributed by atoms with Crippen molar-refractivity contribution >= 4 is 16.9 Å². The van der Waals surface area contributed by atoms with Crippen molar-refractivity contribution in [3.05, 3.63) is 35.5 Å². The summed E-state index contributed by atoms with van der Waals surface area (Å²) in [5, 5.41) is 9.82. The number of alkyl halides is 3. The van der Waals surface area contributed by atoms with E-state index in [-0.39, 0.29) is 0 Å². The number of nitrogens with zero attached hydrogens (tertiary/aromatic N) is 1. The van der Waals surface area contributed by atoms with Gasteiger partial charge in [0.25, 0.3) is 0 Å². The van der Waals surface area contributed by atoms with Crippen LogP contribution in [0, 0.1) is 0 Å². The monoisotopic (exact) mass is 285 g/mol. The number of benzene rings is 1. The summed E-state index contributed by atoms with van der Waals surface area (Å²) in [6.45, 7) is 3.04. The minimum Gasteiger partial charge on any atom is -0.481 e. The Kier molecular flexibility index (Phi) is 3.07. The predicted molar refractivity (Wildman–Crippen MR) is 68.6 cm³/mol. The number of halogens is 3. The third-order valence-corrected chi connectivity index (χ3v) is 3.55. The van der Waals surface area contributed by atoms with Gasteiger partial charge in [-0.05, 0) is 37.4 Å². The Morgan fingerprint density at radius 1 is 1.20 bits per heavy atom. The van der Waals surface area contributed by atoms with Crippen LogP contribution >= 0.6 is 0 Å². The standard InChI is InChI=1S/C14H14F3NO2/c1-13(2,12(19)20)11-6-8-4-5-9(14(15,16)17)7-10(8)18(11)3/h4-7H,1-3H3,(H,19,20). The predicted octanol–water partition coefficient (Wildman–Crippen LogP) is 3.56. The number of aryl methyl sites for hydroxylation is 1. The zero-order valence-electron chi connectivity index (χ0n) is 11.2. The maximum Gasteiger partial charge on any atom is 0.416 e. The van der Waals surface area contributed by atoms with E-state index in [0.29, 0.717) is 16.6 Å². The van der Waals surface area contributed by atoms with E-state index < -0.39 is 23.1 Å². The fourth-order valence-electron chi connectivity index (χ4n) is 2.22. The van der Waals surface area contributed by atoms with Crippen LogP contribution in [0.5, 0.6) is 0 Å². The normalized spacial score (nSPS) is 12.9. The smallest absolute Gasteiger partial charge is 0.416 e. The summed E-state index contributed by atoms with van der Waals surface area (Å²) in [5.41, 5.74) is -1.10. The number of rotatable bonds is 2. The van der Waals surface area contributed by atoms with Gasteiger partial charge in [0.15, 0.2) is 0 Å². The number of hydrogen-bond acceptors (Lipinski definition) is 1. The fourth-order valence-corrected chi connectivity index (χ4v) is 2.22. The van der Waals surface area contributed by atoms with E-state index in [4.69, 9.17) is 0 Å². The minimum atomic E-state index is -4.42. The first-order chi connectivity index (χ1) is 9.05. The molecule has 0 radical (unpaired) electrons. The van der Waals surface area contributed by atoms with Gasteiger partial charge in [0.2, 0.25) is 0 Å². The Bertz CT molecular complexity index is 684. The van der Waals surface area contributed by atoms with Crippen LogP contribution in [0.3, 0.4) is 0 Å². The van der Waals surface area contributed by atoms with E-state index in [1.54, 1.807) is 13.1 Å². The molecule has 0 atom stereocenters. The minimum absolute atomic E-state index is 0.365. The Hall–Kier alpha value is -1.98. The molecule has 0 saturated heterocycles. The van der Waals surface area contributed by atoms with Crippen molar-refractivity contribution in [2.45, 2.75) is 25.4 Å². The molecule has 0 aliphatic carbocycles. The van der Waals surface area contributed by atoms with Crippen LogP contribution < -0.4 is 0 Å². The van der Waals surface area contributed by atoms with Gasteiger partial charge in [0.05, 0.1) is 5.56 Å². The summed E-state index contributed by atoms with van der Waals surface area (Å²) in [4.78, 5) is 11.3. The molecule has 2 rings (SSSR count). The number of carboxylic acid groups (broad SMARTS) is 1. The molecule has 0 aliphatic rings. The van der Waals surface area contributed by atoms with Gasteiger partial charge in [-0.15, -0.1) is 0 Å². The summed E-state index contributed by atoms with van der Waals surface area (Å²) < 4.78 is 39.6. The average molecular weight is 285 g/mol. The van der Waals surface area contributed by atoms with E-state index in [0.717, 1.165) is 12.1 Å². The first-order valence-corrected chi connectivity index (χ1v) is 5.95. The van der Waals surface area contributed by atoms with Crippen LogP contribution in [0.2, 0.25) is 0 Å². The first-order valence-electron chi connectivity index (χ1n) is 5.95. The molecule has 0 fully saturated rings. The summed E-state index contributed by atoms with van der Waals surface area (Å²) in [6, 6.07) is 5.01. The van der Waals surface area contributed by atoms with E-state index in [9.17, 15) is 23.1 Å². The molecule has 6 heteroatoms. The molecular weight excluding hydrogens is 271 g/mol. The molecular formula is C14H14F3NO2. The number of fused-ring (bicyclic) bond motifs is 1. The van der Waals surface area contributed by atoms with Gasteiger partial charge in [0, 0.05) is 18.3 Å². The average Bonchev–Trinajstić information content (AvgIpc) is 2.65. The number of aliphatic carboxylic acids is 1. The lowest BCUT2D eigenvalue weighted by Crippen LogP contribution is -2.30. The maximum atomic E-state index is 12.7. The molecule has 108 valence electrons. The lowest BCUT2D eigenvalue weighted by molar-refractivity contribution is -0.142. The molecule has 2 aromatic rings. The zero-order valence-corrected chi connectivity index (χ0v) is 11.2. The van der Waals surface area contributed by atoms with Crippen LogP contribution in [0.1, 0.15) is 25.1 Å². The Labute approximate surface area is 113 Å². The second-order valence-corrected chi connectivity index (χ2v) is 5.29. The highest BCUT2D eigenvalue weighted by Gasteiger charge is 2.34. The van der Waals surface area contributed by atoms with Gasteiger partial charge >= 0.3 is 12.1 Å². The van der Waals surface area contributed by atoms with Crippen LogP contribution in [0.4, 0.5) is 13.2 Å². The number of aromatic nitrogens is 1. The van der Waals surface area contributed by atoms with Crippen molar-refractivity contribution in [3.63, 3.8) is 0 Å². The van der Waals surface area contributed by atoms with E-state index in [1.807, 2.05) is 0 Å². The number of carbonyl (C=O) groups is 1. The molecule has 0 unspecified atom stereocenters. The molecule has 1 N–H and O–H groups in total. The lowest BCUT2D eigenvalue weighted by atomic mass is 9.89. The second-order valence-electron chi connectivity index (χ2n) is 5.29. The van der Waals surface area contributed by atoms with Crippen molar-refractivity contribution < 1.29 is 23.1 Å². The molecule has 0 amide bonds. The highest BCUT2D eigenvalue weighted by Crippen LogP contribution is 2.34. The second kappa shape index (κ2) is 4.26. The molecule has 3 nitrogen and oxygen atoms in total. The van der Waals surface area contributed by atoms with Gasteiger partial charge < -0.3 is 9.67 Å². The van der Waals surface area contributed by atoms with Crippen molar-refractivity contribution in [2.75, 3.05) is 0 Å². The maximum absolute atomic E-state index is 12.7. The summed E-state index contributed by atoms with van der Waals surface area (Å²) in [7, 11) is 1.57. The molecule has 0 aliphatic heterocycles. The lowest BCUT2D eigenvalue weighted by Gasteiger charge is -2.20. The molecule has 0 saturated carbocycles. The van der Waals surface area contributed by atoms with Crippen LogP contribution in [0.25, 0.3) is 10.9 Å². The van der Waals surface area contributed by atoms with E-state index >= 15 is 0 Å². The molecule has 1 aromatic heterocycles. The quantitative estimate of drug-likeness (QED) is 0.916. The topological polar surface area (TPSA) is 42.2 Å². The van der Waals surface area contributed by atoms with E-state index in [2.05, 4.69) is 0 Å². The van der Waals surface area contributed by atoms with Gasteiger partial charge in [-0.2, -0.15) is 13.2 Å². The Morgan fingerprint density at radius 3 is 2.30 bits per heavy atom. The van der Waals surface area contributed by atoms with Gasteiger partial charge in [-0.3, -0.25) is 4.79 Å². The van der Waals surface area contributed by atoms with Gasteiger partial charge in [-0.1, -0.05) is 6.07 Å². The summed E-state index contributed by atoms with van der Waals surface area (Å²) in [5.74, 6) is -1.03. The van der Waals surface area contributed by atoms with Gasteiger partial charge in [0.1, 0.15) is 5.41 Å². The highest BCUT2D eigenvalue weighted by atomic mass is 19.4. The molecule has 1 heterocycles. The highest BCUT2D eigenvalue weighted by molar-refractivity contribution is 5.87. The van der Waals surface area contributed by atoms with E-state index in [1.165, 1.54) is 24.5 Å². The Balaban J connectivity index is 2.69. The summed E-state index contributed by atoms with van der Waals surface area (Å²) in [6.07, 6.45) is -4.42. The number of hydrogen-bond donors (Lipinski definition) is 1. The number of carboxylic acids is 1. The third-order valence-electron chi connectivity index (χ3n) is 3.55. The van der Waals surface area contributed by atoms with Crippen LogP contribution in [-0.4, -0.2) is 15.6 Å². The van der Waals surface area contributed by atoms with Gasteiger partial charge in [-0.25, -0.2) is 0 Å². The molecule has 0 bridgehead atoms. The van der Waals surface area contributed by atoms with Crippen LogP contribution in [0.15, 0.2) is 24.3 Å². The van der Waals surface area contributed by atoms with Crippen molar-refractivity contribution in [1.29, 1.82) is 0 Å². The van der Waals surface area contributed by atoms with Crippen LogP contribution in [-0.2, 0) is 23.4 Å². The molecule has 0 spiro atoms. The fraction of sp³-hybridized carbons (Fsp3) is 0.357. The van der Waals surface area contributed by atoms with Crippen molar-refractivity contribution in [2.24, 2.45) is 7.05 Å². The summed E-state index contributed by atoms with van der Waals surface area (Å²) >= 11 is 0. The SMILES string of the molecule is Cn1c(C(C)(C)C(=O)O)cc2ccc(C(F)(F)F)cc21. The van der Waals surface area contributed by atoms with Crippen molar-refractivity contribution in [3.8, 4) is 0 Å². The Morgan fingerprint density at radius 2 is 1.80 bits per heavy atom. The third kappa shape index (κ3) is 2.15. The molecule has 1 aromatic carbocycles. The zero-order chi connectivity index (χ0) is 15.3. The van der Waals surface area contributed by atoms with Crippen molar-refractivity contribution in [1.82, 2.24) is 4.57 Å². The first kappa shape index (κ1) is 14.4. The largest absolute Gasteiger partial charge is 0.481 e.